The minimum absolute atomic E-state index is 0.645. The third-order valence-electron chi connectivity index (χ3n) is 3.28. The molecule has 2 aromatic rings. The van der Waals surface area contributed by atoms with Crippen molar-refractivity contribution in [3.63, 3.8) is 0 Å². The lowest BCUT2D eigenvalue weighted by molar-refractivity contribution is 0.0584. The molecule has 0 bridgehead atoms. The molecular formula is C15H17BrOS. The average Bonchev–Trinajstić information content (AvgIpc) is 2.67. The lowest BCUT2D eigenvalue weighted by Crippen LogP contribution is -2.23. The van der Waals surface area contributed by atoms with Crippen molar-refractivity contribution in [2.24, 2.45) is 0 Å². The Hall–Kier alpha value is -0.640. The molecule has 0 radical (unpaired) electrons. The van der Waals surface area contributed by atoms with Crippen LogP contribution in [0.4, 0.5) is 0 Å². The first-order chi connectivity index (χ1) is 8.38. The normalized spacial score (nSPS) is 14.5. The molecule has 0 saturated carbocycles. The minimum Gasteiger partial charge on any atom is -0.385 e. The van der Waals surface area contributed by atoms with Crippen molar-refractivity contribution in [3.8, 4) is 0 Å². The number of benzene rings is 1. The van der Waals surface area contributed by atoms with Crippen molar-refractivity contribution in [2.75, 3.05) is 0 Å². The maximum Gasteiger partial charge on any atom is 0.0916 e. The molecule has 0 aliphatic carbocycles. The Morgan fingerprint density at radius 3 is 2.44 bits per heavy atom. The molecule has 1 unspecified atom stereocenters. The number of hydrogen-bond donors (Lipinski definition) is 1. The van der Waals surface area contributed by atoms with Gasteiger partial charge in [0.15, 0.2) is 0 Å². The number of hydrogen-bond acceptors (Lipinski definition) is 2. The largest absolute Gasteiger partial charge is 0.385 e. The highest BCUT2D eigenvalue weighted by molar-refractivity contribution is 9.11. The minimum atomic E-state index is -0.817. The molecule has 0 aliphatic rings. The maximum atomic E-state index is 10.7. The van der Waals surface area contributed by atoms with Gasteiger partial charge in [-0.3, -0.25) is 0 Å². The van der Waals surface area contributed by atoms with Crippen LogP contribution in [-0.4, -0.2) is 5.11 Å². The van der Waals surface area contributed by atoms with E-state index in [1.807, 2.05) is 19.1 Å². The van der Waals surface area contributed by atoms with Crippen molar-refractivity contribution >= 4 is 27.3 Å². The topological polar surface area (TPSA) is 20.2 Å². The maximum absolute atomic E-state index is 10.7. The Balaban J connectivity index is 2.26. The van der Waals surface area contributed by atoms with Gasteiger partial charge in [0.05, 0.1) is 9.39 Å². The predicted molar refractivity (Wildman–Crippen MR) is 81.2 cm³/mol. The monoisotopic (exact) mass is 324 g/mol. The van der Waals surface area contributed by atoms with Crippen LogP contribution in [0.2, 0.25) is 0 Å². The van der Waals surface area contributed by atoms with E-state index in [0.717, 1.165) is 9.35 Å². The summed E-state index contributed by atoms with van der Waals surface area (Å²) in [6.07, 6.45) is 0.645. The lowest BCUT2D eigenvalue weighted by Gasteiger charge is -2.24. The number of rotatable bonds is 3. The van der Waals surface area contributed by atoms with Gasteiger partial charge in [0.25, 0.3) is 0 Å². The fourth-order valence-corrected chi connectivity index (χ4v) is 3.60. The number of thiophene rings is 1. The molecule has 2 rings (SSSR count). The Morgan fingerprint density at radius 1 is 1.17 bits per heavy atom. The Bertz CT molecular complexity index is 557. The summed E-state index contributed by atoms with van der Waals surface area (Å²) in [5.41, 5.74) is 2.65. The van der Waals surface area contributed by atoms with Crippen LogP contribution in [-0.2, 0) is 12.0 Å². The van der Waals surface area contributed by atoms with Gasteiger partial charge in [-0.05, 0) is 65.5 Å². The summed E-state index contributed by atoms with van der Waals surface area (Å²) in [7, 11) is 0. The van der Waals surface area contributed by atoms with Crippen LogP contribution < -0.4 is 0 Å². The van der Waals surface area contributed by atoms with Gasteiger partial charge < -0.3 is 5.11 Å². The Kier molecular flexibility index (Phi) is 3.95. The second kappa shape index (κ2) is 5.16. The third kappa shape index (κ3) is 3.02. The van der Waals surface area contributed by atoms with Gasteiger partial charge in [0, 0.05) is 11.3 Å². The predicted octanol–water partition coefficient (Wildman–Crippen LogP) is 4.58. The molecule has 1 aromatic heterocycles. The van der Waals surface area contributed by atoms with Gasteiger partial charge >= 0.3 is 0 Å². The van der Waals surface area contributed by atoms with E-state index in [1.54, 1.807) is 11.3 Å². The van der Waals surface area contributed by atoms with Gasteiger partial charge in [-0.1, -0.05) is 18.2 Å². The van der Waals surface area contributed by atoms with Crippen molar-refractivity contribution in [1.29, 1.82) is 0 Å². The highest BCUT2D eigenvalue weighted by atomic mass is 79.9. The second-order valence-corrected chi connectivity index (χ2v) is 7.50. The average molecular weight is 325 g/mol. The molecule has 18 heavy (non-hydrogen) atoms. The molecule has 0 aliphatic heterocycles. The summed E-state index contributed by atoms with van der Waals surface area (Å²) in [5, 5.41) is 10.7. The van der Waals surface area contributed by atoms with Crippen LogP contribution in [0, 0.1) is 13.8 Å². The summed E-state index contributed by atoms with van der Waals surface area (Å²) in [6.45, 7) is 6.05. The number of aryl methyl sites for hydroxylation is 2. The second-order valence-electron chi connectivity index (χ2n) is 4.96. The molecule has 3 heteroatoms. The zero-order valence-corrected chi connectivity index (χ0v) is 13.2. The fourth-order valence-electron chi connectivity index (χ4n) is 1.96. The SMILES string of the molecule is Cc1ccc(C(C)(O)Cc2ccc(Br)s2)cc1C. The van der Waals surface area contributed by atoms with Crippen LogP contribution in [0.25, 0.3) is 0 Å². The van der Waals surface area contributed by atoms with Crippen molar-refractivity contribution in [3.05, 3.63) is 55.7 Å². The Morgan fingerprint density at radius 2 is 1.89 bits per heavy atom. The molecule has 0 amide bonds. The van der Waals surface area contributed by atoms with Crippen LogP contribution >= 0.6 is 27.3 Å². The number of aliphatic hydroxyl groups is 1. The lowest BCUT2D eigenvalue weighted by atomic mass is 9.90. The van der Waals surface area contributed by atoms with Gasteiger partial charge in [0.1, 0.15) is 0 Å². The zero-order valence-electron chi connectivity index (χ0n) is 10.8. The number of halogens is 1. The van der Waals surface area contributed by atoms with E-state index in [9.17, 15) is 5.11 Å². The van der Waals surface area contributed by atoms with E-state index in [1.165, 1.54) is 16.0 Å². The molecule has 0 fully saturated rings. The van der Waals surface area contributed by atoms with Gasteiger partial charge in [0.2, 0.25) is 0 Å². The molecule has 0 saturated heterocycles. The van der Waals surface area contributed by atoms with E-state index in [2.05, 4.69) is 48.0 Å². The zero-order chi connectivity index (χ0) is 13.3. The van der Waals surface area contributed by atoms with Crippen molar-refractivity contribution in [1.82, 2.24) is 0 Å². The van der Waals surface area contributed by atoms with E-state index in [0.29, 0.717) is 6.42 Å². The smallest absolute Gasteiger partial charge is 0.0916 e. The van der Waals surface area contributed by atoms with Crippen LogP contribution in [0.5, 0.6) is 0 Å². The van der Waals surface area contributed by atoms with Gasteiger partial charge in [-0.15, -0.1) is 11.3 Å². The summed E-state index contributed by atoms with van der Waals surface area (Å²) >= 11 is 5.13. The first-order valence-electron chi connectivity index (χ1n) is 5.93. The quantitative estimate of drug-likeness (QED) is 0.876. The van der Waals surface area contributed by atoms with Crippen LogP contribution in [0.1, 0.15) is 28.5 Å². The Labute approximate surface area is 121 Å². The van der Waals surface area contributed by atoms with E-state index in [-0.39, 0.29) is 0 Å². The standard InChI is InChI=1S/C15H17BrOS/c1-10-4-5-12(8-11(10)2)15(3,17)9-13-6-7-14(16)18-13/h4-8,17H,9H2,1-3H3. The molecular weight excluding hydrogens is 308 g/mol. The van der Waals surface area contributed by atoms with Crippen molar-refractivity contribution < 1.29 is 5.11 Å². The first kappa shape index (κ1) is 13.8. The summed E-state index contributed by atoms with van der Waals surface area (Å²) in [6, 6.07) is 10.3. The van der Waals surface area contributed by atoms with E-state index in [4.69, 9.17) is 0 Å². The first-order valence-corrected chi connectivity index (χ1v) is 7.54. The van der Waals surface area contributed by atoms with E-state index >= 15 is 0 Å². The highest BCUT2D eigenvalue weighted by Crippen LogP contribution is 2.31. The summed E-state index contributed by atoms with van der Waals surface area (Å²) in [5.74, 6) is 0. The molecule has 1 heterocycles. The molecule has 1 nitrogen and oxygen atoms in total. The van der Waals surface area contributed by atoms with Gasteiger partial charge in [-0.2, -0.15) is 0 Å². The molecule has 96 valence electrons. The van der Waals surface area contributed by atoms with E-state index < -0.39 is 5.60 Å². The molecule has 1 aromatic carbocycles. The van der Waals surface area contributed by atoms with Crippen LogP contribution in [0.3, 0.4) is 0 Å². The third-order valence-corrected chi connectivity index (χ3v) is 4.90. The summed E-state index contributed by atoms with van der Waals surface area (Å²) < 4.78 is 1.10. The van der Waals surface area contributed by atoms with Gasteiger partial charge in [-0.25, -0.2) is 0 Å². The van der Waals surface area contributed by atoms with Crippen LogP contribution in [0.15, 0.2) is 34.1 Å². The fraction of sp³-hybridized carbons (Fsp3) is 0.333. The summed E-state index contributed by atoms with van der Waals surface area (Å²) in [4.78, 5) is 1.19. The highest BCUT2D eigenvalue weighted by Gasteiger charge is 2.24. The molecule has 1 N–H and O–H groups in total. The molecule has 0 spiro atoms. The van der Waals surface area contributed by atoms with Crippen molar-refractivity contribution in [2.45, 2.75) is 32.8 Å². The molecule has 1 atom stereocenters.